The standard InChI is InChI=1S/C15H18N2O/c1-9-6-10(2)15(11(3)7-9)17-14(18)8-13(16-17)12-4-5-12/h6-7,12H,4-5,8H2,1-3H3. The molecule has 94 valence electrons. The molecule has 18 heavy (non-hydrogen) atoms. The maximum absolute atomic E-state index is 12.1. The third kappa shape index (κ3) is 1.84. The third-order valence-electron chi connectivity index (χ3n) is 3.69. The maximum Gasteiger partial charge on any atom is 0.253 e. The number of anilines is 1. The van der Waals surface area contributed by atoms with Crippen LogP contribution in [0.2, 0.25) is 0 Å². The molecule has 1 aromatic rings. The van der Waals surface area contributed by atoms with Crippen LogP contribution in [0.25, 0.3) is 0 Å². The molecule has 0 spiro atoms. The molecule has 3 nitrogen and oxygen atoms in total. The number of hydrogen-bond donors (Lipinski definition) is 0. The van der Waals surface area contributed by atoms with Gasteiger partial charge < -0.3 is 0 Å². The molecule has 1 heterocycles. The second-order valence-corrected chi connectivity index (χ2v) is 5.50. The van der Waals surface area contributed by atoms with Gasteiger partial charge in [0, 0.05) is 0 Å². The number of carbonyl (C=O) groups excluding carboxylic acids is 1. The van der Waals surface area contributed by atoms with Crippen LogP contribution in [0, 0.1) is 26.7 Å². The van der Waals surface area contributed by atoms with Gasteiger partial charge in [0.25, 0.3) is 5.91 Å². The number of hydrazone groups is 1. The van der Waals surface area contributed by atoms with Crippen LogP contribution >= 0.6 is 0 Å². The van der Waals surface area contributed by atoms with Gasteiger partial charge in [-0.15, -0.1) is 0 Å². The van der Waals surface area contributed by atoms with Crippen molar-refractivity contribution in [3.63, 3.8) is 0 Å². The molecule has 0 saturated heterocycles. The molecule has 1 aliphatic carbocycles. The van der Waals surface area contributed by atoms with Crippen molar-refractivity contribution in [2.75, 3.05) is 5.01 Å². The summed E-state index contributed by atoms with van der Waals surface area (Å²) in [7, 11) is 0. The van der Waals surface area contributed by atoms with E-state index in [-0.39, 0.29) is 5.91 Å². The van der Waals surface area contributed by atoms with Crippen LogP contribution < -0.4 is 5.01 Å². The van der Waals surface area contributed by atoms with Gasteiger partial charge in [-0.05, 0) is 50.7 Å². The molecule has 3 rings (SSSR count). The Balaban J connectivity index is 2.02. The van der Waals surface area contributed by atoms with Gasteiger partial charge >= 0.3 is 0 Å². The largest absolute Gasteiger partial charge is 0.272 e. The van der Waals surface area contributed by atoms with E-state index in [1.165, 1.54) is 18.4 Å². The summed E-state index contributed by atoms with van der Waals surface area (Å²) >= 11 is 0. The summed E-state index contributed by atoms with van der Waals surface area (Å²) in [5, 5.41) is 6.18. The second-order valence-electron chi connectivity index (χ2n) is 5.50. The number of aryl methyl sites for hydroxylation is 3. The van der Waals surface area contributed by atoms with E-state index in [0.29, 0.717) is 12.3 Å². The van der Waals surface area contributed by atoms with E-state index in [4.69, 9.17) is 0 Å². The van der Waals surface area contributed by atoms with Gasteiger partial charge in [-0.25, -0.2) is 0 Å². The smallest absolute Gasteiger partial charge is 0.253 e. The Bertz CT molecular complexity index is 533. The summed E-state index contributed by atoms with van der Waals surface area (Å²) in [6.45, 7) is 6.18. The zero-order chi connectivity index (χ0) is 12.9. The fourth-order valence-corrected chi connectivity index (χ4v) is 2.77. The number of benzene rings is 1. The van der Waals surface area contributed by atoms with Crippen LogP contribution in [0.15, 0.2) is 17.2 Å². The van der Waals surface area contributed by atoms with Crippen LogP contribution in [0.4, 0.5) is 5.69 Å². The highest BCUT2D eigenvalue weighted by atomic mass is 16.2. The third-order valence-corrected chi connectivity index (χ3v) is 3.69. The molecule has 1 saturated carbocycles. The van der Waals surface area contributed by atoms with E-state index in [9.17, 15) is 4.79 Å². The normalized spacial score (nSPS) is 19.4. The van der Waals surface area contributed by atoms with Gasteiger partial charge in [-0.3, -0.25) is 4.79 Å². The minimum absolute atomic E-state index is 0.118. The average molecular weight is 242 g/mol. The van der Waals surface area contributed by atoms with Crippen LogP contribution in [0.3, 0.4) is 0 Å². The summed E-state index contributed by atoms with van der Waals surface area (Å²) in [6, 6.07) is 4.22. The molecule has 1 amide bonds. The lowest BCUT2D eigenvalue weighted by Gasteiger charge is -2.18. The first-order chi connectivity index (χ1) is 8.56. The Morgan fingerprint density at radius 2 is 1.78 bits per heavy atom. The van der Waals surface area contributed by atoms with Crippen molar-refractivity contribution < 1.29 is 4.79 Å². The van der Waals surface area contributed by atoms with Gasteiger partial charge in [0.1, 0.15) is 0 Å². The second kappa shape index (κ2) is 3.94. The van der Waals surface area contributed by atoms with Gasteiger partial charge in [0.15, 0.2) is 0 Å². The highest BCUT2D eigenvalue weighted by Crippen LogP contribution is 2.37. The van der Waals surface area contributed by atoms with Gasteiger partial charge in [-0.1, -0.05) is 17.7 Å². The Labute approximate surface area is 107 Å². The monoisotopic (exact) mass is 242 g/mol. The lowest BCUT2D eigenvalue weighted by molar-refractivity contribution is -0.116. The molecule has 0 radical (unpaired) electrons. The van der Waals surface area contributed by atoms with Crippen molar-refractivity contribution in [3.8, 4) is 0 Å². The summed E-state index contributed by atoms with van der Waals surface area (Å²) in [5.74, 6) is 0.692. The molecule has 0 bridgehead atoms. The average Bonchev–Trinajstić information content (AvgIpc) is 3.03. The lowest BCUT2D eigenvalue weighted by Crippen LogP contribution is -2.21. The molecule has 1 aromatic carbocycles. The van der Waals surface area contributed by atoms with E-state index >= 15 is 0 Å². The predicted octanol–water partition coefficient (Wildman–Crippen LogP) is 3.11. The number of nitrogens with zero attached hydrogens (tertiary/aromatic N) is 2. The summed E-state index contributed by atoms with van der Waals surface area (Å²) in [4.78, 5) is 12.1. The van der Waals surface area contributed by atoms with Crippen molar-refractivity contribution in [2.45, 2.75) is 40.0 Å². The molecule has 0 N–H and O–H groups in total. The number of rotatable bonds is 2. The number of hydrogen-bond acceptors (Lipinski definition) is 2. The first-order valence-electron chi connectivity index (χ1n) is 6.54. The highest BCUT2D eigenvalue weighted by molar-refractivity contribution is 6.14. The number of carbonyl (C=O) groups is 1. The molecule has 0 atom stereocenters. The summed E-state index contributed by atoms with van der Waals surface area (Å²) in [5.41, 5.74) is 5.54. The lowest BCUT2D eigenvalue weighted by atomic mass is 10.0. The Kier molecular flexibility index (Phi) is 2.51. The topological polar surface area (TPSA) is 32.7 Å². The van der Waals surface area contributed by atoms with Crippen molar-refractivity contribution in [1.29, 1.82) is 0 Å². The summed E-state index contributed by atoms with van der Waals surface area (Å²) < 4.78 is 0. The highest BCUT2D eigenvalue weighted by Gasteiger charge is 2.36. The first-order valence-corrected chi connectivity index (χ1v) is 6.54. The van der Waals surface area contributed by atoms with Gasteiger partial charge in [0.2, 0.25) is 0 Å². The van der Waals surface area contributed by atoms with E-state index in [1.54, 1.807) is 5.01 Å². The van der Waals surface area contributed by atoms with Gasteiger partial charge in [-0.2, -0.15) is 10.1 Å². The van der Waals surface area contributed by atoms with E-state index in [0.717, 1.165) is 22.5 Å². The molecule has 0 unspecified atom stereocenters. The molecule has 2 aliphatic rings. The fourth-order valence-electron chi connectivity index (χ4n) is 2.77. The quantitative estimate of drug-likeness (QED) is 0.784. The first kappa shape index (κ1) is 11.5. The minimum Gasteiger partial charge on any atom is -0.272 e. The van der Waals surface area contributed by atoms with E-state index < -0.39 is 0 Å². The molecular weight excluding hydrogens is 224 g/mol. The van der Waals surface area contributed by atoms with Gasteiger partial charge in [0.05, 0.1) is 17.8 Å². The number of amides is 1. The Morgan fingerprint density at radius 1 is 1.17 bits per heavy atom. The molecule has 1 aliphatic heterocycles. The molecule has 0 aromatic heterocycles. The molecular formula is C15H18N2O. The van der Waals surface area contributed by atoms with Crippen LogP contribution in [0.1, 0.15) is 36.0 Å². The molecule has 3 heteroatoms. The van der Waals surface area contributed by atoms with Crippen LogP contribution in [-0.2, 0) is 4.79 Å². The zero-order valence-electron chi connectivity index (χ0n) is 11.2. The maximum atomic E-state index is 12.1. The van der Waals surface area contributed by atoms with Crippen LogP contribution in [0.5, 0.6) is 0 Å². The van der Waals surface area contributed by atoms with Crippen molar-refractivity contribution >= 4 is 17.3 Å². The fraction of sp³-hybridized carbons (Fsp3) is 0.467. The van der Waals surface area contributed by atoms with Crippen molar-refractivity contribution in [1.82, 2.24) is 0 Å². The molecule has 1 fully saturated rings. The Hall–Kier alpha value is -1.64. The van der Waals surface area contributed by atoms with Crippen LogP contribution in [-0.4, -0.2) is 11.6 Å². The zero-order valence-corrected chi connectivity index (χ0v) is 11.2. The van der Waals surface area contributed by atoms with Crippen molar-refractivity contribution in [3.05, 3.63) is 28.8 Å². The van der Waals surface area contributed by atoms with Crippen molar-refractivity contribution in [2.24, 2.45) is 11.0 Å². The predicted molar refractivity (Wildman–Crippen MR) is 72.9 cm³/mol. The van der Waals surface area contributed by atoms with E-state index in [2.05, 4.69) is 24.2 Å². The van der Waals surface area contributed by atoms with E-state index in [1.807, 2.05) is 13.8 Å². The minimum atomic E-state index is 0.118. The Morgan fingerprint density at radius 3 is 2.33 bits per heavy atom. The summed E-state index contributed by atoms with van der Waals surface area (Å²) in [6.07, 6.45) is 2.91. The SMILES string of the molecule is Cc1cc(C)c(N2N=C(C3CC3)CC2=O)c(C)c1.